The molecule has 90 valence electrons. The van der Waals surface area contributed by atoms with Crippen molar-refractivity contribution in [1.29, 1.82) is 0 Å². The van der Waals surface area contributed by atoms with E-state index in [-0.39, 0.29) is 0 Å². The van der Waals surface area contributed by atoms with Crippen LogP contribution in [0, 0.1) is 6.92 Å². The molecule has 0 unspecified atom stereocenters. The summed E-state index contributed by atoms with van der Waals surface area (Å²) in [6.45, 7) is 2.48. The molecule has 1 aliphatic carbocycles. The molecule has 5 heteroatoms. The second-order valence-corrected chi connectivity index (χ2v) is 4.67. The largest absolute Gasteiger partial charge is 0.326 e. The lowest BCUT2D eigenvalue weighted by atomic mass is 10.2. The van der Waals surface area contributed by atoms with Gasteiger partial charge in [-0.1, -0.05) is 0 Å². The Morgan fingerprint density at radius 1 is 1.41 bits per heavy atom. The first-order valence-corrected chi connectivity index (χ1v) is 5.99. The van der Waals surface area contributed by atoms with Crippen LogP contribution in [0.1, 0.15) is 35.7 Å². The Morgan fingerprint density at radius 2 is 2.18 bits per heavy atom. The van der Waals surface area contributed by atoms with Crippen LogP contribution in [0.4, 0.5) is 0 Å². The first-order chi connectivity index (χ1) is 8.20. The Kier molecular flexibility index (Phi) is 2.29. The van der Waals surface area contributed by atoms with E-state index in [0.29, 0.717) is 12.5 Å². The smallest absolute Gasteiger partial charge is 0.156 e. The Bertz CT molecular complexity index is 547. The van der Waals surface area contributed by atoms with Gasteiger partial charge in [-0.2, -0.15) is 10.2 Å². The number of hydrogen-bond donors (Lipinski definition) is 1. The maximum Gasteiger partial charge on any atom is 0.156 e. The highest BCUT2D eigenvalue weighted by atomic mass is 15.4. The number of rotatable bonds is 3. The van der Waals surface area contributed by atoms with E-state index in [1.807, 2.05) is 29.5 Å². The molecule has 3 rings (SSSR count). The molecule has 1 saturated carbocycles. The monoisotopic (exact) mass is 231 g/mol. The molecule has 2 aromatic rings. The van der Waals surface area contributed by atoms with Crippen molar-refractivity contribution in [3.05, 3.63) is 29.2 Å². The SMILES string of the molecule is Cc1nn(C)c(-n2ccc(C3CC3)n2)c1CN. The average Bonchev–Trinajstić information content (AvgIpc) is 2.96. The van der Waals surface area contributed by atoms with Gasteiger partial charge in [-0.05, 0) is 25.8 Å². The van der Waals surface area contributed by atoms with Crippen molar-refractivity contribution in [3.8, 4) is 5.82 Å². The number of aryl methyl sites for hydroxylation is 2. The van der Waals surface area contributed by atoms with Gasteiger partial charge < -0.3 is 5.73 Å². The van der Waals surface area contributed by atoms with Gasteiger partial charge in [0.05, 0.1) is 11.4 Å². The fourth-order valence-electron chi connectivity index (χ4n) is 2.27. The van der Waals surface area contributed by atoms with E-state index in [1.54, 1.807) is 0 Å². The van der Waals surface area contributed by atoms with Crippen molar-refractivity contribution >= 4 is 0 Å². The fraction of sp³-hybridized carbons (Fsp3) is 0.500. The second kappa shape index (κ2) is 3.70. The topological polar surface area (TPSA) is 61.7 Å². The van der Waals surface area contributed by atoms with Crippen LogP contribution in [0.25, 0.3) is 5.82 Å². The van der Waals surface area contributed by atoms with Crippen LogP contribution in [0.15, 0.2) is 12.3 Å². The van der Waals surface area contributed by atoms with Gasteiger partial charge in [0.1, 0.15) is 0 Å². The van der Waals surface area contributed by atoms with Crippen molar-refractivity contribution in [2.45, 2.75) is 32.2 Å². The predicted octanol–water partition coefficient (Wildman–Crippen LogP) is 1.25. The summed E-state index contributed by atoms with van der Waals surface area (Å²) in [6, 6.07) is 2.10. The molecule has 0 radical (unpaired) electrons. The van der Waals surface area contributed by atoms with E-state index in [0.717, 1.165) is 17.1 Å². The Balaban J connectivity index is 2.06. The maximum atomic E-state index is 5.79. The van der Waals surface area contributed by atoms with Crippen LogP contribution in [-0.2, 0) is 13.6 Å². The Morgan fingerprint density at radius 3 is 2.82 bits per heavy atom. The first kappa shape index (κ1) is 10.5. The molecule has 0 spiro atoms. The summed E-state index contributed by atoms with van der Waals surface area (Å²) in [5.74, 6) is 1.66. The zero-order valence-corrected chi connectivity index (χ0v) is 10.2. The molecule has 1 fully saturated rings. The van der Waals surface area contributed by atoms with E-state index in [1.165, 1.54) is 18.5 Å². The van der Waals surface area contributed by atoms with E-state index < -0.39 is 0 Å². The van der Waals surface area contributed by atoms with Gasteiger partial charge in [0, 0.05) is 31.3 Å². The number of nitrogens with zero attached hydrogens (tertiary/aromatic N) is 4. The van der Waals surface area contributed by atoms with Crippen LogP contribution in [0.2, 0.25) is 0 Å². The summed E-state index contributed by atoms with van der Waals surface area (Å²) in [4.78, 5) is 0. The molecular formula is C12H17N5. The molecule has 17 heavy (non-hydrogen) atoms. The van der Waals surface area contributed by atoms with Gasteiger partial charge in [-0.3, -0.25) is 4.68 Å². The van der Waals surface area contributed by atoms with Gasteiger partial charge in [0.15, 0.2) is 5.82 Å². The summed E-state index contributed by atoms with van der Waals surface area (Å²) in [6.07, 6.45) is 4.54. The summed E-state index contributed by atoms with van der Waals surface area (Å²) in [5, 5.41) is 9.03. The van der Waals surface area contributed by atoms with Gasteiger partial charge in [0.25, 0.3) is 0 Å². The quantitative estimate of drug-likeness (QED) is 0.864. The lowest BCUT2D eigenvalue weighted by Crippen LogP contribution is -2.08. The maximum absolute atomic E-state index is 5.79. The van der Waals surface area contributed by atoms with Crippen molar-refractivity contribution in [3.63, 3.8) is 0 Å². The highest BCUT2D eigenvalue weighted by molar-refractivity contribution is 5.37. The fourth-order valence-corrected chi connectivity index (χ4v) is 2.27. The van der Waals surface area contributed by atoms with Crippen molar-refractivity contribution in [1.82, 2.24) is 19.6 Å². The molecule has 2 heterocycles. The predicted molar refractivity (Wildman–Crippen MR) is 64.9 cm³/mol. The van der Waals surface area contributed by atoms with Crippen LogP contribution >= 0.6 is 0 Å². The van der Waals surface area contributed by atoms with Gasteiger partial charge in [-0.15, -0.1) is 0 Å². The van der Waals surface area contributed by atoms with Crippen molar-refractivity contribution in [2.75, 3.05) is 0 Å². The van der Waals surface area contributed by atoms with Crippen LogP contribution < -0.4 is 5.73 Å². The van der Waals surface area contributed by atoms with Gasteiger partial charge in [0.2, 0.25) is 0 Å². The first-order valence-electron chi connectivity index (χ1n) is 5.99. The molecule has 0 aliphatic heterocycles. The molecule has 1 aliphatic rings. The lowest BCUT2D eigenvalue weighted by molar-refractivity contribution is 0.685. The third-order valence-electron chi connectivity index (χ3n) is 3.34. The van der Waals surface area contributed by atoms with Gasteiger partial charge >= 0.3 is 0 Å². The summed E-state index contributed by atoms with van der Waals surface area (Å²) < 4.78 is 3.75. The molecule has 0 atom stereocenters. The zero-order chi connectivity index (χ0) is 12.0. The van der Waals surface area contributed by atoms with Crippen LogP contribution in [-0.4, -0.2) is 19.6 Å². The summed E-state index contributed by atoms with van der Waals surface area (Å²) in [5.41, 5.74) is 9.02. The third-order valence-corrected chi connectivity index (χ3v) is 3.34. The lowest BCUT2D eigenvalue weighted by Gasteiger charge is -2.04. The number of aromatic nitrogens is 4. The van der Waals surface area contributed by atoms with E-state index in [9.17, 15) is 0 Å². The third kappa shape index (κ3) is 1.67. The molecule has 0 amide bonds. The molecule has 5 nitrogen and oxygen atoms in total. The minimum absolute atomic E-state index is 0.494. The Hall–Kier alpha value is -1.62. The van der Waals surface area contributed by atoms with Crippen molar-refractivity contribution in [2.24, 2.45) is 12.8 Å². The number of hydrogen-bond acceptors (Lipinski definition) is 3. The summed E-state index contributed by atoms with van der Waals surface area (Å²) in [7, 11) is 1.93. The molecule has 0 bridgehead atoms. The highest BCUT2D eigenvalue weighted by Gasteiger charge is 2.26. The average molecular weight is 231 g/mol. The molecular weight excluding hydrogens is 214 g/mol. The molecule has 2 aromatic heterocycles. The molecule has 2 N–H and O–H groups in total. The standard InChI is InChI=1S/C12H17N5/c1-8-10(7-13)12(16(2)14-8)17-6-5-11(15-17)9-3-4-9/h5-6,9H,3-4,7,13H2,1-2H3. The van der Waals surface area contributed by atoms with Crippen LogP contribution in [0.3, 0.4) is 0 Å². The van der Waals surface area contributed by atoms with E-state index in [4.69, 9.17) is 5.73 Å². The molecule has 0 aromatic carbocycles. The second-order valence-electron chi connectivity index (χ2n) is 4.67. The number of nitrogens with two attached hydrogens (primary N) is 1. The highest BCUT2D eigenvalue weighted by Crippen LogP contribution is 2.39. The molecule has 0 saturated heterocycles. The normalized spacial score (nSPS) is 15.5. The van der Waals surface area contributed by atoms with Crippen LogP contribution in [0.5, 0.6) is 0 Å². The van der Waals surface area contributed by atoms with Crippen molar-refractivity contribution < 1.29 is 0 Å². The summed E-state index contributed by atoms with van der Waals surface area (Å²) >= 11 is 0. The minimum Gasteiger partial charge on any atom is -0.326 e. The zero-order valence-electron chi connectivity index (χ0n) is 10.2. The van der Waals surface area contributed by atoms with Gasteiger partial charge in [-0.25, -0.2) is 4.68 Å². The van der Waals surface area contributed by atoms with E-state index in [2.05, 4.69) is 16.3 Å². The Labute approximate surface area is 100 Å². The van der Waals surface area contributed by atoms with E-state index >= 15 is 0 Å². The minimum atomic E-state index is 0.494.